The molecule has 10 heteroatoms. The number of hydrogen-bond acceptors (Lipinski definition) is 8. The number of piperazine rings is 1. The number of nitrogens with zero attached hydrogens (tertiary/aromatic N) is 7. The Morgan fingerprint density at radius 1 is 1.08 bits per heavy atom. The average Bonchev–Trinajstić information content (AvgIpc) is 3.60. The van der Waals surface area contributed by atoms with Crippen molar-refractivity contribution in [2.45, 2.75) is 46.5 Å². The highest BCUT2D eigenvalue weighted by molar-refractivity contribution is 6.04. The molecule has 0 saturated carbocycles. The zero-order valence-corrected chi connectivity index (χ0v) is 23.3. The Kier molecular flexibility index (Phi) is 7.47. The van der Waals surface area contributed by atoms with Crippen LogP contribution >= 0.6 is 0 Å². The van der Waals surface area contributed by atoms with Gasteiger partial charge in [-0.05, 0) is 43.7 Å². The Hall–Kier alpha value is -4.05. The van der Waals surface area contributed by atoms with E-state index in [2.05, 4.69) is 48.6 Å². The van der Waals surface area contributed by atoms with Crippen LogP contribution in [-0.2, 0) is 5.41 Å². The Morgan fingerprint density at radius 3 is 2.59 bits per heavy atom. The van der Waals surface area contributed by atoms with E-state index in [1.54, 1.807) is 22.9 Å². The minimum Gasteiger partial charge on any atom is -0.368 e. The van der Waals surface area contributed by atoms with Crippen LogP contribution in [0.2, 0.25) is 0 Å². The molecule has 204 valence electrons. The topological polar surface area (TPSA) is 105 Å². The van der Waals surface area contributed by atoms with E-state index in [-0.39, 0.29) is 11.3 Å². The number of nitrogens with one attached hydrogen (secondary N) is 1. The molecule has 39 heavy (non-hydrogen) atoms. The number of amides is 1. The molecule has 3 aromatic heterocycles. The summed E-state index contributed by atoms with van der Waals surface area (Å²) in [6, 6.07) is 9.36. The van der Waals surface area contributed by atoms with Crippen LogP contribution in [-0.4, -0.2) is 68.7 Å². The summed E-state index contributed by atoms with van der Waals surface area (Å²) in [6.45, 7) is 15.5. The van der Waals surface area contributed by atoms with Crippen LogP contribution in [0.3, 0.4) is 0 Å². The average molecular weight is 529 g/mol. The first kappa shape index (κ1) is 26.6. The molecule has 1 aliphatic heterocycles. The molecule has 1 amide bonds. The van der Waals surface area contributed by atoms with Crippen molar-refractivity contribution in [3.8, 4) is 16.9 Å². The Morgan fingerprint density at radius 2 is 1.87 bits per heavy atom. The van der Waals surface area contributed by atoms with Gasteiger partial charge in [0.1, 0.15) is 11.5 Å². The Labute approximate surface area is 229 Å². The Balaban J connectivity index is 1.32. The first-order valence-electron chi connectivity index (χ1n) is 13.5. The molecule has 0 unspecified atom stereocenters. The zero-order chi connectivity index (χ0) is 27.6. The van der Waals surface area contributed by atoms with E-state index < -0.39 is 0 Å². The molecule has 4 aromatic rings. The van der Waals surface area contributed by atoms with Gasteiger partial charge in [0.05, 0.1) is 23.8 Å². The third-order valence-corrected chi connectivity index (χ3v) is 7.00. The third-order valence-electron chi connectivity index (χ3n) is 7.00. The molecule has 1 saturated heterocycles. The van der Waals surface area contributed by atoms with E-state index in [4.69, 9.17) is 4.52 Å². The fourth-order valence-electron chi connectivity index (χ4n) is 4.67. The molecule has 0 atom stereocenters. The van der Waals surface area contributed by atoms with Gasteiger partial charge in [-0.3, -0.25) is 14.7 Å². The smallest absolute Gasteiger partial charge is 0.256 e. The molecular weight excluding hydrogens is 492 g/mol. The fraction of sp³-hybridized carbons (Fsp3) is 0.414. The minimum absolute atomic E-state index is 0.198. The highest BCUT2D eigenvalue weighted by Crippen LogP contribution is 2.26. The second kappa shape index (κ2) is 11.0. The van der Waals surface area contributed by atoms with Gasteiger partial charge in [0, 0.05) is 55.0 Å². The lowest BCUT2D eigenvalue weighted by atomic mass is 9.93. The third kappa shape index (κ3) is 6.01. The van der Waals surface area contributed by atoms with Crippen molar-refractivity contribution in [2.24, 2.45) is 0 Å². The normalized spacial score (nSPS) is 14.5. The molecule has 5 rings (SSSR count). The van der Waals surface area contributed by atoms with Gasteiger partial charge >= 0.3 is 0 Å². The van der Waals surface area contributed by atoms with Gasteiger partial charge in [-0.1, -0.05) is 44.1 Å². The van der Waals surface area contributed by atoms with Crippen LogP contribution in [0.15, 0.2) is 53.4 Å². The maximum absolute atomic E-state index is 13.0. The zero-order valence-electron chi connectivity index (χ0n) is 23.3. The van der Waals surface area contributed by atoms with Gasteiger partial charge in [-0.15, -0.1) is 5.10 Å². The first-order chi connectivity index (χ1) is 18.7. The van der Waals surface area contributed by atoms with Crippen LogP contribution in [0.4, 0.5) is 11.5 Å². The second-order valence-electron chi connectivity index (χ2n) is 11.1. The van der Waals surface area contributed by atoms with Crippen molar-refractivity contribution < 1.29 is 9.32 Å². The monoisotopic (exact) mass is 528 g/mol. The maximum atomic E-state index is 13.0. The number of aryl methyl sites for hydroxylation is 1. The predicted octanol–water partition coefficient (Wildman–Crippen LogP) is 4.71. The number of carbonyl (C=O) groups excluding carboxylic acids is 1. The van der Waals surface area contributed by atoms with Crippen molar-refractivity contribution in [1.82, 2.24) is 30.0 Å². The fourth-order valence-corrected chi connectivity index (χ4v) is 4.67. The lowest BCUT2D eigenvalue weighted by Crippen LogP contribution is -2.46. The molecule has 0 aliphatic carbocycles. The summed E-state index contributed by atoms with van der Waals surface area (Å²) in [5.74, 6) is 0.811. The number of aromatic nitrogens is 5. The van der Waals surface area contributed by atoms with E-state index >= 15 is 0 Å². The number of benzene rings is 1. The quantitative estimate of drug-likeness (QED) is 0.368. The van der Waals surface area contributed by atoms with Gasteiger partial charge in [0.25, 0.3) is 5.91 Å². The lowest BCUT2D eigenvalue weighted by molar-refractivity contribution is 0.102. The number of rotatable bonds is 7. The highest BCUT2D eigenvalue weighted by atomic mass is 16.5. The van der Waals surface area contributed by atoms with Gasteiger partial charge in [-0.2, -0.15) is 0 Å². The largest absolute Gasteiger partial charge is 0.368 e. The van der Waals surface area contributed by atoms with E-state index in [1.807, 2.05) is 52.4 Å². The van der Waals surface area contributed by atoms with Crippen molar-refractivity contribution in [3.63, 3.8) is 0 Å². The Bertz CT molecular complexity index is 1440. The van der Waals surface area contributed by atoms with Gasteiger partial charge < -0.3 is 14.7 Å². The SMILES string of the molecule is CCCN1CCN(c2cncc(-c3cn(-c4cc(C(=O)Nc5cc(C(C)(C)C)on5)ccc4C)nn3)c2)CC1. The number of pyridine rings is 1. The molecule has 1 N–H and O–H groups in total. The summed E-state index contributed by atoms with van der Waals surface area (Å²) < 4.78 is 7.09. The van der Waals surface area contributed by atoms with Crippen LogP contribution in [0.25, 0.3) is 16.9 Å². The molecule has 0 spiro atoms. The van der Waals surface area contributed by atoms with Crippen LogP contribution < -0.4 is 10.2 Å². The van der Waals surface area contributed by atoms with Crippen molar-refractivity contribution in [2.75, 3.05) is 42.9 Å². The number of carbonyl (C=O) groups is 1. The number of anilines is 2. The van der Waals surface area contributed by atoms with Crippen molar-refractivity contribution >= 4 is 17.4 Å². The van der Waals surface area contributed by atoms with Crippen LogP contribution in [0, 0.1) is 6.92 Å². The summed E-state index contributed by atoms with van der Waals surface area (Å²) in [5.41, 5.74) is 4.75. The highest BCUT2D eigenvalue weighted by Gasteiger charge is 2.21. The van der Waals surface area contributed by atoms with Crippen molar-refractivity contribution in [1.29, 1.82) is 0 Å². The van der Waals surface area contributed by atoms with E-state index in [0.29, 0.717) is 17.1 Å². The standard InChI is InChI=1S/C29H36N8O2/c1-6-9-35-10-12-36(13-11-35)23-14-22(17-30-18-23)24-19-37(34-32-24)25-15-21(8-7-20(25)2)28(38)31-27-16-26(39-33-27)29(3,4)5/h7-8,14-19H,6,9-13H2,1-5H3,(H,31,33,38). The summed E-state index contributed by atoms with van der Waals surface area (Å²) in [5, 5.41) is 15.6. The molecule has 1 aromatic carbocycles. The molecule has 4 heterocycles. The van der Waals surface area contributed by atoms with Gasteiger partial charge in [-0.25, -0.2) is 4.68 Å². The molecule has 1 aliphatic rings. The molecule has 0 bridgehead atoms. The summed E-state index contributed by atoms with van der Waals surface area (Å²) in [4.78, 5) is 22.3. The van der Waals surface area contributed by atoms with E-state index in [0.717, 1.165) is 60.9 Å². The summed E-state index contributed by atoms with van der Waals surface area (Å²) in [6.07, 6.45) is 6.78. The first-order valence-corrected chi connectivity index (χ1v) is 13.5. The molecule has 1 fully saturated rings. The van der Waals surface area contributed by atoms with Crippen molar-refractivity contribution in [3.05, 3.63) is 65.8 Å². The van der Waals surface area contributed by atoms with Gasteiger partial charge in [0.15, 0.2) is 5.82 Å². The maximum Gasteiger partial charge on any atom is 0.256 e. The summed E-state index contributed by atoms with van der Waals surface area (Å²) >= 11 is 0. The van der Waals surface area contributed by atoms with Crippen LogP contribution in [0.1, 0.15) is 55.8 Å². The number of hydrogen-bond donors (Lipinski definition) is 1. The van der Waals surface area contributed by atoms with E-state index in [1.165, 1.54) is 6.42 Å². The lowest BCUT2D eigenvalue weighted by Gasteiger charge is -2.35. The molecule has 10 nitrogen and oxygen atoms in total. The summed E-state index contributed by atoms with van der Waals surface area (Å²) in [7, 11) is 0. The van der Waals surface area contributed by atoms with Crippen LogP contribution in [0.5, 0.6) is 0 Å². The van der Waals surface area contributed by atoms with Gasteiger partial charge in [0.2, 0.25) is 0 Å². The minimum atomic E-state index is -0.277. The molecule has 0 radical (unpaired) electrons. The van der Waals surface area contributed by atoms with E-state index in [9.17, 15) is 4.79 Å². The second-order valence-corrected chi connectivity index (χ2v) is 11.1. The molecular formula is C29H36N8O2. The predicted molar refractivity (Wildman–Crippen MR) is 151 cm³/mol.